The van der Waals surface area contributed by atoms with Crippen LogP contribution in [0.1, 0.15) is 43.2 Å². The first kappa shape index (κ1) is 23.3. The number of aliphatic imine (C=N–C) groups is 2. The number of benzene rings is 2. The Hall–Kier alpha value is -2.84. The van der Waals surface area contributed by atoms with Gasteiger partial charge in [-0.05, 0) is 18.4 Å². The van der Waals surface area contributed by atoms with Crippen LogP contribution in [0.5, 0.6) is 0 Å². The molecule has 0 spiro atoms. The zero-order valence-corrected chi connectivity index (χ0v) is 17.7. The van der Waals surface area contributed by atoms with Crippen LogP contribution in [0.3, 0.4) is 0 Å². The molecule has 1 heterocycles. The first-order chi connectivity index (χ1) is 15.6. The summed E-state index contributed by atoms with van der Waals surface area (Å²) in [6.07, 6.45) is -8.17. The molecule has 0 aromatic heterocycles. The maximum atomic E-state index is 14.1. The van der Waals surface area contributed by atoms with Crippen LogP contribution in [0, 0.1) is 5.92 Å². The summed E-state index contributed by atoms with van der Waals surface area (Å²) in [5, 5.41) is 0. The van der Waals surface area contributed by atoms with E-state index in [0.29, 0.717) is 12.8 Å². The number of nitrogens with zero attached hydrogens (tertiary/aromatic N) is 3. The molecule has 33 heavy (non-hydrogen) atoms. The molecule has 4 rings (SSSR count). The van der Waals surface area contributed by atoms with Crippen molar-refractivity contribution < 1.29 is 26.3 Å². The average Bonchev–Trinajstić information content (AvgIpc) is 2.79. The van der Waals surface area contributed by atoms with Crippen molar-refractivity contribution in [2.75, 3.05) is 0 Å². The molecule has 1 saturated carbocycles. The van der Waals surface area contributed by atoms with Gasteiger partial charge in [-0.1, -0.05) is 79.9 Å². The van der Waals surface area contributed by atoms with E-state index in [1.807, 2.05) is 0 Å². The highest BCUT2D eigenvalue weighted by molar-refractivity contribution is 6.11. The molecule has 1 fully saturated rings. The number of hydrogen-bond acceptors (Lipinski definition) is 3. The standard InChI is InChI=1S/C24H23F6N3/c25-23(26,27)22(24(28,29)30)31-20(18-12-6-2-7-13-18)33(16-17-10-4-1-5-11-17)21(32-22)19-14-8-3-9-15-19/h1-2,4-7,10-13,19H,3,8-9,14-16H2. The molecule has 0 unspecified atom stereocenters. The maximum absolute atomic E-state index is 14.1. The Morgan fingerprint density at radius 2 is 1.30 bits per heavy atom. The second-order valence-corrected chi connectivity index (χ2v) is 8.35. The summed E-state index contributed by atoms with van der Waals surface area (Å²) in [6.45, 7) is 0.0652. The first-order valence-corrected chi connectivity index (χ1v) is 10.8. The molecule has 0 saturated heterocycles. The van der Waals surface area contributed by atoms with Crippen LogP contribution in [0.15, 0.2) is 70.6 Å². The van der Waals surface area contributed by atoms with Crippen molar-refractivity contribution in [3.8, 4) is 0 Å². The molecule has 1 aliphatic heterocycles. The van der Waals surface area contributed by atoms with Gasteiger partial charge in [0.1, 0.15) is 11.7 Å². The van der Waals surface area contributed by atoms with E-state index in [4.69, 9.17) is 0 Å². The van der Waals surface area contributed by atoms with Gasteiger partial charge < -0.3 is 4.90 Å². The number of alkyl halides is 6. The molecule has 176 valence electrons. The molecule has 0 N–H and O–H groups in total. The Labute approximate surface area is 187 Å². The van der Waals surface area contributed by atoms with Gasteiger partial charge in [-0.2, -0.15) is 26.3 Å². The fourth-order valence-electron chi connectivity index (χ4n) is 4.39. The zero-order chi connectivity index (χ0) is 23.7. The van der Waals surface area contributed by atoms with Gasteiger partial charge in [-0.15, -0.1) is 0 Å². The van der Waals surface area contributed by atoms with Crippen molar-refractivity contribution >= 4 is 11.7 Å². The minimum atomic E-state index is -5.75. The van der Waals surface area contributed by atoms with Gasteiger partial charge >= 0.3 is 18.0 Å². The normalized spacial score (nSPS) is 19.8. The second kappa shape index (κ2) is 8.83. The monoisotopic (exact) mass is 467 g/mol. The quantitative estimate of drug-likeness (QED) is 0.457. The maximum Gasteiger partial charge on any atom is 0.443 e. The highest BCUT2D eigenvalue weighted by atomic mass is 19.4. The lowest BCUT2D eigenvalue weighted by Crippen LogP contribution is -2.60. The van der Waals surface area contributed by atoms with E-state index in [2.05, 4.69) is 9.98 Å². The van der Waals surface area contributed by atoms with Crippen molar-refractivity contribution in [2.24, 2.45) is 15.9 Å². The predicted octanol–water partition coefficient (Wildman–Crippen LogP) is 6.75. The Morgan fingerprint density at radius 3 is 1.85 bits per heavy atom. The molecular weight excluding hydrogens is 444 g/mol. The minimum Gasteiger partial charge on any atom is -0.310 e. The van der Waals surface area contributed by atoms with Crippen molar-refractivity contribution in [1.29, 1.82) is 0 Å². The van der Waals surface area contributed by atoms with Gasteiger partial charge in [0, 0.05) is 11.5 Å². The third kappa shape index (κ3) is 4.50. The predicted molar refractivity (Wildman–Crippen MR) is 114 cm³/mol. The summed E-state index contributed by atoms with van der Waals surface area (Å²) in [5.41, 5.74) is -3.63. The van der Waals surface area contributed by atoms with Gasteiger partial charge in [-0.3, -0.25) is 0 Å². The van der Waals surface area contributed by atoms with E-state index < -0.39 is 23.9 Å². The van der Waals surface area contributed by atoms with Crippen LogP contribution in [0.4, 0.5) is 26.3 Å². The number of amidine groups is 2. The van der Waals surface area contributed by atoms with Crippen molar-refractivity contribution in [1.82, 2.24) is 4.90 Å². The molecule has 9 heteroatoms. The Balaban J connectivity index is 1.95. The molecule has 2 aromatic carbocycles. The van der Waals surface area contributed by atoms with Crippen molar-refractivity contribution in [2.45, 2.75) is 56.7 Å². The van der Waals surface area contributed by atoms with E-state index in [-0.39, 0.29) is 23.8 Å². The smallest absolute Gasteiger partial charge is 0.310 e. The summed E-state index contributed by atoms with van der Waals surface area (Å²) < 4.78 is 84.7. The summed E-state index contributed by atoms with van der Waals surface area (Å²) in [6, 6.07) is 16.6. The minimum absolute atomic E-state index is 0.0652. The van der Waals surface area contributed by atoms with Gasteiger partial charge in [0.05, 0.1) is 6.54 Å². The van der Waals surface area contributed by atoms with Gasteiger partial charge in [0.2, 0.25) is 0 Å². The van der Waals surface area contributed by atoms with Gasteiger partial charge in [0.15, 0.2) is 0 Å². The molecular formula is C24H23F6N3. The SMILES string of the molecule is FC(F)(F)C1(C(F)(F)F)N=C(c2ccccc2)N(Cc2ccccc2)C(C2CCCCC2)=N1. The highest BCUT2D eigenvalue weighted by Gasteiger charge is 2.74. The zero-order valence-electron chi connectivity index (χ0n) is 17.7. The van der Waals surface area contributed by atoms with E-state index in [1.165, 1.54) is 17.0 Å². The fourth-order valence-corrected chi connectivity index (χ4v) is 4.39. The van der Waals surface area contributed by atoms with Crippen molar-refractivity contribution in [3.05, 3.63) is 71.8 Å². The van der Waals surface area contributed by atoms with Gasteiger partial charge in [0.25, 0.3) is 0 Å². The van der Waals surface area contributed by atoms with Gasteiger partial charge in [-0.25, -0.2) is 9.98 Å². The van der Waals surface area contributed by atoms with E-state index in [9.17, 15) is 26.3 Å². The Morgan fingerprint density at radius 1 is 0.758 bits per heavy atom. The van der Waals surface area contributed by atoms with Crippen LogP contribution in [-0.4, -0.2) is 34.6 Å². The lowest BCUT2D eigenvalue weighted by Gasteiger charge is -2.42. The van der Waals surface area contributed by atoms with E-state index in [1.54, 1.807) is 48.5 Å². The summed E-state index contributed by atoms with van der Waals surface area (Å²) in [7, 11) is 0. The second-order valence-electron chi connectivity index (χ2n) is 8.35. The lowest BCUT2D eigenvalue weighted by atomic mass is 9.86. The largest absolute Gasteiger partial charge is 0.443 e. The van der Waals surface area contributed by atoms with Crippen LogP contribution in [-0.2, 0) is 6.54 Å². The fraction of sp³-hybridized carbons (Fsp3) is 0.417. The Bertz CT molecular complexity index is 992. The molecule has 2 aromatic rings. The summed E-state index contributed by atoms with van der Waals surface area (Å²) >= 11 is 0. The third-order valence-electron chi connectivity index (χ3n) is 6.05. The first-order valence-electron chi connectivity index (χ1n) is 10.8. The van der Waals surface area contributed by atoms with Crippen LogP contribution < -0.4 is 0 Å². The lowest BCUT2D eigenvalue weighted by molar-refractivity contribution is -0.293. The summed E-state index contributed by atoms with van der Waals surface area (Å²) in [4.78, 5) is 8.23. The van der Waals surface area contributed by atoms with E-state index >= 15 is 0 Å². The number of hydrogen-bond donors (Lipinski definition) is 0. The summed E-state index contributed by atoms with van der Waals surface area (Å²) in [5.74, 6) is -1.08. The highest BCUT2D eigenvalue weighted by Crippen LogP contribution is 2.50. The van der Waals surface area contributed by atoms with Crippen LogP contribution in [0.25, 0.3) is 0 Å². The van der Waals surface area contributed by atoms with E-state index in [0.717, 1.165) is 24.8 Å². The number of rotatable bonds is 4. The molecule has 0 atom stereocenters. The third-order valence-corrected chi connectivity index (χ3v) is 6.05. The Kier molecular flexibility index (Phi) is 6.24. The van der Waals surface area contributed by atoms with Crippen molar-refractivity contribution in [3.63, 3.8) is 0 Å². The molecule has 0 bridgehead atoms. The molecule has 3 nitrogen and oxygen atoms in total. The van der Waals surface area contributed by atoms with Crippen LogP contribution >= 0.6 is 0 Å². The molecule has 0 radical (unpaired) electrons. The number of halogens is 6. The molecule has 0 amide bonds. The average molecular weight is 467 g/mol. The topological polar surface area (TPSA) is 28.0 Å². The molecule has 1 aliphatic carbocycles. The molecule has 2 aliphatic rings. The van der Waals surface area contributed by atoms with Crippen LogP contribution in [0.2, 0.25) is 0 Å².